The Morgan fingerprint density at radius 3 is 2.00 bits per heavy atom. The van der Waals surface area contributed by atoms with Crippen LogP contribution in [0.15, 0.2) is 24.3 Å². The van der Waals surface area contributed by atoms with Crippen molar-refractivity contribution in [1.82, 2.24) is 4.90 Å². The van der Waals surface area contributed by atoms with Gasteiger partial charge in [0, 0.05) is 37.4 Å². The van der Waals surface area contributed by atoms with Crippen LogP contribution in [0, 0.1) is 0 Å². The van der Waals surface area contributed by atoms with Crippen LogP contribution in [-0.2, 0) is 9.59 Å². The van der Waals surface area contributed by atoms with Gasteiger partial charge in [0.1, 0.15) is 5.78 Å². The van der Waals surface area contributed by atoms with Crippen LogP contribution in [0.5, 0.6) is 0 Å². The lowest BCUT2D eigenvalue weighted by molar-refractivity contribution is -0.135. The minimum atomic E-state index is -0.0951. The molecule has 2 rings (SSSR count). The number of hydrogen-bond donors (Lipinski definition) is 0. The van der Waals surface area contributed by atoms with E-state index in [1.54, 1.807) is 11.8 Å². The number of carbonyl (C=O) groups is 3. The van der Waals surface area contributed by atoms with E-state index in [0.29, 0.717) is 18.7 Å². The Kier molecular flexibility index (Phi) is 4.73. The van der Waals surface area contributed by atoms with Crippen LogP contribution in [0.3, 0.4) is 0 Å². The number of hydrogen-bond acceptors (Lipinski definition) is 4. The Balaban J connectivity index is 1.93. The van der Waals surface area contributed by atoms with Crippen molar-refractivity contribution in [2.24, 2.45) is 0 Å². The average Bonchev–Trinajstić information content (AvgIpc) is 2.47. The van der Waals surface area contributed by atoms with Gasteiger partial charge in [-0.15, -0.1) is 0 Å². The Morgan fingerprint density at radius 2 is 1.52 bits per heavy atom. The summed E-state index contributed by atoms with van der Waals surface area (Å²) in [4.78, 5) is 38.0. The fraction of sp³-hybridized carbons (Fsp3) is 0.438. The van der Waals surface area contributed by atoms with Crippen LogP contribution in [0.2, 0.25) is 0 Å². The fourth-order valence-corrected chi connectivity index (χ4v) is 2.45. The van der Waals surface area contributed by atoms with Crippen LogP contribution in [0.25, 0.3) is 0 Å². The van der Waals surface area contributed by atoms with E-state index in [1.165, 1.54) is 6.92 Å². The second-order valence-electron chi connectivity index (χ2n) is 5.35. The summed E-state index contributed by atoms with van der Waals surface area (Å²) in [7, 11) is 0. The average molecular weight is 288 g/mol. The quantitative estimate of drug-likeness (QED) is 0.622. The van der Waals surface area contributed by atoms with E-state index in [1.807, 2.05) is 24.3 Å². The van der Waals surface area contributed by atoms with Gasteiger partial charge in [0.25, 0.3) is 0 Å². The topological polar surface area (TPSA) is 57.7 Å². The molecule has 0 unspecified atom stereocenters. The van der Waals surface area contributed by atoms with E-state index in [0.717, 1.165) is 18.8 Å². The first kappa shape index (κ1) is 15.2. The first-order valence-electron chi connectivity index (χ1n) is 7.10. The summed E-state index contributed by atoms with van der Waals surface area (Å²) in [5.41, 5.74) is 1.76. The summed E-state index contributed by atoms with van der Waals surface area (Å²) in [6.45, 7) is 5.71. The largest absolute Gasteiger partial charge is 0.368 e. The molecule has 0 spiro atoms. The summed E-state index contributed by atoms with van der Waals surface area (Å²) < 4.78 is 0. The van der Waals surface area contributed by atoms with Crippen molar-refractivity contribution < 1.29 is 14.4 Å². The van der Waals surface area contributed by atoms with E-state index in [-0.39, 0.29) is 23.9 Å². The molecule has 112 valence electrons. The lowest BCUT2D eigenvalue weighted by Gasteiger charge is -2.36. The smallest absolute Gasteiger partial charge is 0.230 e. The third-order valence-electron chi connectivity index (χ3n) is 3.67. The zero-order valence-electron chi connectivity index (χ0n) is 12.5. The summed E-state index contributed by atoms with van der Waals surface area (Å²) in [6.07, 6.45) is -0.00664. The van der Waals surface area contributed by atoms with E-state index in [9.17, 15) is 14.4 Å². The number of carbonyl (C=O) groups excluding carboxylic acids is 3. The lowest BCUT2D eigenvalue weighted by Crippen LogP contribution is -2.49. The van der Waals surface area contributed by atoms with Crippen molar-refractivity contribution in [3.05, 3.63) is 29.8 Å². The molecule has 1 fully saturated rings. The standard InChI is InChI=1S/C16H20N2O3/c1-12(19)11-16(21)18-9-7-17(8-10-18)15-5-3-14(4-6-15)13(2)20/h3-6H,7-11H2,1-2H3. The second kappa shape index (κ2) is 6.52. The monoisotopic (exact) mass is 288 g/mol. The molecule has 0 aromatic heterocycles. The van der Waals surface area contributed by atoms with Crippen LogP contribution >= 0.6 is 0 Å². The molecular weight excluding hydrogens is 268 g/mol. The van der Waals surface area contributed by atoms with Gasteiger partial charge in [-0.1, -0.05) is 0 Å². The van der Waals surface area contributed by atoms with Crippen molar-refractivity contribution in [2.45, 2.75) is 20.3 Å². The normalized spacial score (nSPS) is 15.0. The highest BCUT2D eigenvalue weighted by molar-refractivity contribution is 5.97. The maximum Gasteiger partial charge on any atom is 0.230 e. The second-order valence-corrected chi connectivity index (χ2v) is 5.35. The molecule has 1 heterocycles. The third kappa shape index (κ3) is 3.90. The number of piperazine rings is 1. The number of nitrogens with zero attached hydrogens (tertiary/aromatic N) is 2. The molecule has 5 nitrogen and oxygen atoms in total. The molecule has 1 aromatic carbocycles. The molecule has 0 atom stereocenters. The van der Waals surface area contributed by atoms with Crippen molar-refractivity contribution in [3.63, 3.8) is 0 Å². The van der Waals surface area contributed by atoms with E-state index in [4.69, 9.17) is 0 Å². The fourth-order valence-electron chi connectivity index (χ4n) is 2.45. The maximum absolute atomic E-state index is 11.8. The van der Waals surface area contributed by atoms with Crippen LogP contribution in [-0.4, -0.2) is 48.6 Å². The zero-order valence-corrected chi connectivity index (χ0v) is 12.5. The number of Topliss-reactive ketones (excluding diaryl/α,β-unsaturated/α-hetero) is 2. The van der Waals surface area contributed by atoms with Gasteiger partial charge in [-0.3, -0.25) is 14.4 Å². The number of rotatable bonds is 4. The molecule has 1 amide bonds. The molecule has 1 saturated heterocycles. The number of ketones is 2. The van der Waals surface area contributed by atoms with Gasteiger partial charge in [0.15, 0.2) is 5.78 Å². The SMILES string of the molecule is CC(=O)CC(=O)N1CCN(c2ccc(C(C)=O)cc2)CC1. The zero-order chi connectivity index (χ0) is 15.4. The highest BCUT2D eigenvalue weighted by Crippen LogP contribution is 2.18. The van der Waals surface area contributed by atoms with E-state index in [2.05, 4.69) is 4.90 Å². The van der Waals surface area contributed by atoms with Crippen LogP contribution in [0.4, 0.5) is 5.69 Å². The van der Waals surface area contributed by atoms with Crippen molar-refractivity contribution >= 4 is 23.2 Å². The highest BCUT2D eigenvalue weighted by Gasteiger charge is 2.21. The molecule has 0 N–H and O–H groups in total. The van der Waals surface area contributed by atoms with Crippen molar-refractivity contribution in [3.8, 4) is 0 Å². The Bertz CT molecular complexity index is 543. The van der Waals surface area contributed by atoms with Crippen molar-refractivity contribution in [1.29, 1.82) is 0 Å². The minimum absolute atomic E-state index is 0.00664. The first-order chi connectivity index (χ1) is 9.97. The lowest BCUT2D eigenvalue weighted by atomic mass is 10.1. The van der Waals surface area contributed by atoms with Gasteiger partial charge in [-0.05, 0) is 38.1 Å². The Labute approximate surface area is 124 Å². The molecule has 1 aliphatic heterocycles. The van der Waals surface area contributed by atoms with Crippen LogP contribution < -0.4 is 4.90 Å². The predicted octanol–water partition coefficient (Wildman–Crippen LogP) is 1.52. The minimum Gasteiger partial charge on any atom is -0.368 e. The molecule has 1 aromatic rings. The number of anilines is 1. The van der Waals surface area contributed by atoms with E-state index < -0.39 is 0 Å². The summed E-state index contributed by atoms with van der Waals surface area (Å²) >= 11 is 0. The van der Waals surface area contributed by atoms with Gasteiger partial charge in [-0.25, -0.2) is 0 Å². The molecule has 5 heteroatoms. The predicted molar refractivity (Wildman–Crippen MR) is 80.5 cm³/mol. The molecular formula is C16H20N2O3. The molecule has 0 radical (unpaired) electrons. The number of benzene rings is 1. The highest BCUT2D eigenvalue weighted by atomic mass is 16.2. The van der Waals surface area contributed by atoms with Gasteiger partial charge in [0.2, 0.25) is 5.91 Å². The van der Waals surface area contributed by atoms with Gasteiger partial charge < -0.3 is 9.80 Å². The summed E-state index contributed by atoms with van der Waals surface area (Å²) in [5, 5.41) is 0. The van der Waals surface area contributed by atoms with Gasteiger partial charge in [-0.2, -0.15) is 0 Å². The molecule has 1 aliphatic rings. The van der Waals surface area contributed by atoms with Gasteiger partial charge in [0.05, 0.1) is 6.42 Å². The summed E-state index contributed by atoms with van der Waals surface area (Å²) in [5.74, 6) is -0.127. The molecule has 21 heavy (non-hydrogen) atoms. The molecule has 0 aliphatic carbocycles. The molecule has 0 bridgehead atoms. The Morgan fingerprint density at radius 1 is 0.952 bits per heavy atom. The van der Waals surface area contributed by atoms with Gasteiger partial charge >= 0.3 is 0 Å². The van der Waals surface area contributed by atoms with E-state index >= 15 is 0 Å². The number of amides is 1. The summed E-state index contributed by atoms with van der Waals surface area (Å²) in [6, 6.07) is 7.52. The first-order valence-corrected chi connectivity index (χ1v) is 7.10. The Hall–Kier alpha value is -2.17. The van der Waals surface area contributed by atoms with Crippen LogP contribution in [0.1, 0.15) is 30.6 Å². The van der Waals surface area contributed by atoms with Crippen molar-refractivity contribution in [2.75, 3.05) is 31.1 Å². The molecule has 0 saturated carbocycles. The maximum atomic E-state index is 11.8. The third-order valence-corrected chi connectivity index (χ3v) is 3.67.